The number of rotatable bonds is 6. The lowest BCUT2D eigenvalue weighted by molar-refractivity contribution is -0.383. The number of benzene rings is 2. The summed E-state index contributed by atoms with van der Waals surface area (Å²) in [5.41, 5.74) is 0.485. The summed E-state index contributed by atoms with van der Waals surface area (Å²) in [5, 5.41) is 17.1. The van der Waals surface area contributed by atoms with Crippen molar-refractivity contribution >= 4 is 40.5 Å². The first-order valence-corrected chi connectivity index (χ1v) is 7.46. The Labute approximate surface area is 142 Å². The van der Waals surface area contributed by atoms with E-state index in [1.807, 2.05) is 0 Å². The number of carbonyl (C=O) groups excluding carboxylic acids is 1. The van der Waals surface area contributed by atoms with E-state index in [4.69, 9.17) is 23.2 Å². The van der Waals surface area contributed by atoms with Gasteiger partial charge in [0.2, 0.25) is 0 Å². The van der Waals surface area contributed by atoms with E-state index in [1.165, 1.54) is 12.1 Å². The Morgan fingerprint density at radius 1 is 1.04 bits per heavy atom. The van der Waals surface area contributed by atoms with Gasteiger partial charge >= 0.3 is 0 Å². The second-order valence-corrected chi connectivity index (χ2v) is 5.37. The van der Waals surface area contributed by atoms with Gasteiger partial charge in [0.15, 0.2) is 0 Å². The normalized spacial score (nSPS) is 10.2. The van der Waals surface area contributed by atoms with Crippen molar-refractivity contribution < 1.29 is 9.72 Å². The number of hydrogen-bond donors (Lipinski definition) is 2. The summed E-state index contributed by atoms with van der Waals surface area (Å²) in [6.45, 7) is 0.535. The highest BCUT2D eigenvalue weighted by Crippen LogP contribution is 2.31. The van der Waals surface area contributed by atoms with Crippen molar-refractivity contribution in [2.75, 3.05) is 18.4 Å². The van der Waals surface area contributed by atoms with Gasteiger partial charge in [0.25, 0.3) is 11.6 Å². The number of nitro groups is 1. The summed E-state index contributed by atoms with van der Waals surface area (Å²) >= 11 is 11.9. The molecule has 0 aromatic heterocycles. The van der Waals surface area contributed by atoms with Crippen molar-refractivity contribution in [1.82, 2.24) is 5.32 Å². The van der Waals surface area contributed by atoms with E-state index >= 15 is 0 Å². The first-order valence-electron chi connectivity index (χ1n) is 6.70. The summed E-state index contributed by atoms with van der Waals surface area (Å²) in [6, 6.07) is 11.1. The van der Waals surface area contributed by atoms with E-state index in [-0.39, 0.29) is 35.4 Å². The number of hydrogen-bond acceptors (Lipinski definition) is 4. The number of carbonyl (C=O) groups is 1. The minimum Gasteiger partial charge on any atom is -0.376 e. The summed E-state index contributed by atoms with van der Waals surface area (Å²) in [5.74, 6) is -0.314. The molecule has 0 saturated carbocycles. The van der Waals surface area contributed by atoms with Crippen molar-refractivity contribution in [3.63, 3.8) is 0 Å². The zero-order valence-electron chi connectivity index (χ0n) is 11.9. The van der Waals surface area contributed by atoms with Gasteiger partial charge in [-0.2, -0.15) is 0 Å². The van der Waals surface area contributed by atoms with Crippen molar-refractivity contribution in [1.29, 1.82) is 0 Å². The fourth-order valence-corrected chi connectivity index (χ4v) is 2.40. The molecule has 0 unspecified atom stereocenters. The highest BCUT2D eigenvalue weighted by molar-refractivity contribution is 6.34. The zero-order chi connectivity index (χ0) is 16.8. The van der Waals surface area contributed by atoms with Crippen molar-refractivity contribution in [2.24, 2.45) is 0 Å². The Bertz CT molecular complexity index is 738. The quantitative estimate of drug-likeness (QED) is 0.470. The maximum atomic E-state index is 12.0. The van der Waals surface area contributed by atoms with E-state index < -0.39 is 4.92 Å². The van der Waals surface area contributed by atoms with E-state index in [0.29, 0.717) is 10.6 Å². The molecule has 8 heteroatoms. The third-order valence-electron chi connectivity index (χ3n) is 3.02. The molecule has 0 bridgehead atoms. The van der Waals surface area contributed by atoms with E-state index in [0.717, 1.165) is 0 Å². The number of para-hydroxylation sites is 1. The molecule has 2 rings (SSSR count). The van der Waals surface area contributed by atoms with Gasteiger partial charge in [-0.3, -0.25) is 14.9 Å². The Hall–Kier alpha value is -2.31. The number of nitrogens with zero attached hydrogens (tertiary/aromatic N) is 1. The predicted molar refractivity (Wildman–Crippen MR) is 90.4 cm³/mol. The molecule has 0 atom stereocenters. The van der Waals surface area contributed by atoms with E-state index in [2.05, 4.69) is 10.6 Å². The molecule has 0 fully saturated rings. The SMILES string of the molecule is O=C(NCCNc1c(Cl)cccc1[N+](=O)[O-])c1ccccc1Cl. The average Bonchev–Trinajstić information content (AvgIpc) is 2.52. The van der Waals surface area contributed by atoms with Gasteiger partial charge in [-0.1, -0.05) is 41.4 Å². The van der Waals surface area contributed by atoms with Gasteiger partial charge < -0.3 is 10.6 Å². The smallest absolute Gasteiger partial charge is 0.293 e. The fourth-order valence-electron chi connectivity index (χ4n) is 1.94. The second-order valence-electron chi connectivity index (χ2n) is 4.55. The fraction of sp³-hybridized carbons (Fsp3) is 0.133. The maximum absolute atomic E-state index is 12.0. The number of anilines is 1. The number of amides is 1. The Kier molecular flexibility index (Phi) is 5.78. The van der Waals surface area contributed by atoms with Crippen LogP contribution in [-0.4, -0.2) is 23.9 Å². The lowest BCUT2D eigenvalue weighted by Crippen LogP contribution is -2.29. The van der Waals surface area contributed by atoms with Crippen LogP contribution in [0.15, 0.2) is 42.5 Å². The highest BCUT2D eigenvalue weighted by Gasteiger charge is 2.16. The molecule has 0 aliphatic heterocycles. The van der Waals surface area contributed by atoms with Crippen molar-refractivity contribution in [3.05, 3.63) is 68.2 Å². The van der Waals surface area contributed by atoms with Crippen LogP contribution in [0.3, 0.4) is 0 Å². The van der Waals surface area contributed by atoms with Crippen LogP contribution in [0, 0.1) is 10.1 Å². The minimum absolute atomic E-state index is 0.116. The van der Waals surface area contributed by atoms with E-state index in [1.54, 1.807) is 30.3 Å². The monoisotopic (exact) mass is 353 g/mol. The molecular formula is C15H13Cl2N3O3. The van der Waals surface area contributed by atoms with Crippen LogP contribution in [0.1, 0.15) is 10.4 Å². The molecule has 23 heavy (non-hydrogen) atoms. The molecule has 6 nitrogen and oxygen atoms in total. The molecule has 120 valence electrons. The summed E-state index contributed by atoms with van der Waals surface area (Å²) in [7, 11) is 0. The second kappa shape index (κ2) is 7.80. The molecule has 0 aliphatic carbocycles. The first kappa shape index (κ1) is 17.1. The maximum Gasteiger partial charge on any atom is 0.293 e. The molecular weight excluding hydrogens is 341 g/mol. The first-order chi connectivity index (χ1) is 11.0. The summed E-state index contributed by atoms with van der Waals surface area (Å²) in [4.78, 5) is 22.4. The largest absolute Gasteiger partial charge is 0.376 e. The van der Waals surface area contributed by atoms with Crippen LogP contribution in [0.2, 0.25) is 10.0 Å². The Morgan fingerprint density at radius 2 is 1.74 bits per heavy atom. The zero-order valence-corrected chi connectivity index (χ0v) is 13.4. The number of halogens is 2. The third-order valence-corrected chi connectivity index (χ3v) is 3.66. The molecule has 0 spiro atoms. The summed E-state index contributed by atoms with van der Waals surface area (Å²) in [6.07, 6.45) is 0. The molecule has 2 aromatic carbocycles. The summed E-state index contributed by atoms with van der Waals surface area (Å²) < 4.78 is 0. The van der Waals surface area contributed by atoms with Gasteiger partial charge in [-0.05, 0) is 18.2 Å². The average molecular weight is 354 g/mol. The number of nitro benzene ring substituents is 1. The van der Waals surface area contributed by atoms with Gasteiger partial charge in [-0.15, -0.1) is 0 Å². The Morgan fingerprint density at radius 3 is 2.43 bits per heavy atom. The molecule has 0 radical (unpaired) electrons. The predicted octanol–water partition coefficient (Wildman–Crippen LogP) is 3.74. The molecule has 0 aliphatic rings. The molecule has 1 amide bonds. The Balaban J connectivity index is 1.93. The topological polar surface area (TPSA) is 84.3 Å². The number of nitrogens with one attached hydrogen (secondary N) is 2. The van der Waals surface area contributed by atoms with Crippen molar-refractivity contribution in [2.45, 2.75) is 0 Å². The van der Waals surface area contributed by atoms with Crippen LogP contribution in [0.5, 0.6) is 0 Å². The van der Waals surface area contributed by atoms with E-state index in [9.17, 15) is 14.9 Å². The molecule has 2 aromatic rings. The van der Waals surface area contributed by atoms with Crippen LogP contribution >= 0.6 is 23.2 Å². The van der Waals surface area contributed by atoms with Gasteiger partial charge in [-0.25, -0.2) is 0 Å². The highest BCUT2D eigenvalue weighted by atomic mass is 35.5. The van der Waals surface area contributed by atoms with Crippen LogP contribution in [0.4, 0.5) is 11.4 Å². The lowest BCUT2D eigenvalue weighted by atomic mass is 10.2. The standard InChI is InChI=1S/C15H13Cl2N3O3/c16-11-5-2-1-4-10(11)15(21)19-9-8-18-14-12(17)6-3-7-13(14)20(22)23/h1-7,18H,8-9H2,(H,19,21). The minimum atomic E-state index is -0.517. The van der Waals surface area contributed by atoms with Gasteiger partial charge in [0, 0.05) is 19.2 Å². The molecule has 0 saturated heterocycles. The molecule has 0 heterocycles. The van der Waals surface area contributed by atoms with Gasteiger partial charge in [0.05, 0.1) is 20.5 Å². The lowest BCUT2D eigenvalue weighted by Gasteiger charge is -2.10. The van der Waals surface area contributed by atoms with Gasteiger partial charge in [0.1, 0.15) is 5.69 Å². The van der Waals surface area contributed by atoms with Crippen LogP contribution in [-0.2, 0) is 0 Å². The van der Waals surface area contributed by atoms with Crippen LogP contribution in [0.25, 0.3) is 0 Å². The third kappa shape index (κ3) is 4.34. The van der Waals surface area contributed by atoms with Crippen LogP contribution < -0.4 is 10.6 Å². The molecule has 2 N–H and O–H groups in total. The van der Waals surface area contributed by atoms with Crippen molar-refractivity contribution in [3.8, 4) is 0 Å².